The van der Waals surface area contributed by atoms with Gasteiger partial charge < -0.3 is 34.5 Å². The molecule has 304 valence electrons. The first-order chi connectivity index (χ1) is 27.4. The van der Waals surface area contributed by atoms with Crippen LogP contribution in [-0.4, -0.2) is 75.6 Å². The summed E-state index contributed by atoms with van der Waals surface area (Å²) in [4.78, 5) is 69.1. The second kappa shape index (κ2) is 18.3. The first-order valence-electron chi connectivity index (χ1n) is 20.3. The van der Waals surface area contributed by atoms with Crippen LogP contribution in [0.25, 0.3) is 6.08 Å². The zero-order valence-electron chi connectivity index (χ0n) is 33.4. The number of nitrogens with one attached hydrogen (secondary N) is 1. The number of fused-ring (bicyclic) bond motifs is 5. The molecule has 3 N–H and O–H groups in total. The number of cyclic esters (lactones) is 1. The number of aromatic nitrogens is 1. The number of amides is 2. The number of phenolic OH excluding ortho intramolecular Hbond substituents is 2. The van der Waals surface area contributed by atoms with Crippen LogP contribution < -0.4 is 15.6 Å². The number of ketones is 1. The van der Waals surface area contributed by atoms with Gasteiger partial charge in [0.1, 0.15) is 34.6 Å². The molecule has 0 radical (unpaired) electrons. The fourth-order valence-electron chi connectivity index (χ4n) is 8.62. The normalized spacial score (nSPS) is 21.5. The van der Waals surface area contributed by atoms with Crippen molar-refractivity contribution in [3.63, 3.8) is 0 Å². The molecule has 4 heterocycles. The summed E-state index contributed by atoms with van der Waals surface area (Å²) in [7, 11) is 1.53. The maximum absolute atomic E-state index is 14.4. The van der Waals surface area contributed by atoms with Gasteiger partial charge in [0.15, 0.2) is 0 Å². The molecule has 3 aliphatic rings. The number of allylic oxidation sites excluding steroid dienone is 1. The number of likely N-dealkylation sites (tertiary alicyclic amines) is 1. The van der Waals surface area contributed by atoms with Crippen LogP contribution in [0.3, 0.4) is 0 Å². The number of aromatic hydroxyl groups is 2. The molecular weight excluding hydrogens is 727 g/mol. The summed E-state index contributed by atoms with van der Waals surface area (Å²) in [5.74, 6) is -2.61. The molecule has 1 saturated heterocycles. The third-order valence-corrected chi connectivity index (χ3v) is 11.9. The van der Waals surface area contributed by atoms with Gasteiger partial charge in [0.05, 0.1) is 13.2 Å². The molecule has 12 nitrogen and oxygen atoms in total. The Balaban J connectivity index is 1.32. The van der Waals surface area contributed by atoms with E-state index >= 15 is 0 Å². The molecule has 0 spiro atoms. The van der Waals surface area contributed by atoms with Gasteiger partial charge in [-0.25, -0.2) is 4.79 Å². The largest absolute Gasteiger partial charge is 0.507 e. The zero-order chi connectivity index (χ0) is 40.8. The van der Waals surface area contributed by atoms with E-state index in [0.717, 1.165) is 12.1 Å². The summed E-state index contributed by atoms with van der Waals surface area (Å²) in [6.07, 6.45) is 7.15. The number of piperidine rings is 1. The molecule has 3 aromatic rings. The Morgan fingerprint density at radius 3 is 2.51 bits per heavy atom. The quantitative estimate of drug-likeness (QED) is 0.207. The van der Waals surface area contributed by atoms with E-state index in [-0.39, 0.29) is 63.9 Å². The van der Waals surface area contributed by atoms with Crippen molar-refractivity contribution in [2.24, 2.45) is 11.8 Å². The standard InChI is InChI=1S/C45H55N3O9/c1-5-27(2)42(44(54)47-24-29-21-32(26-47)36-15-10-16-39(52)48(36)25-29)46-38(51)23-35(30-17-19-34(56-4)20-18-30)41-37(50)22-31-12-7-6-8-13-33(49)14-9-11-28(3)57-45(55)40(31)43(41)53/h7,10,12,15-20,22,27-29,32,35,42,50,53H,5-6,8-9,11,13-14,21,23-26H2,1-4H3,(H,46,51)/t27?,28-,29+,32-,35?,42?/m0/s1. The first kappa shape index (κ1) is 41.2. The SMILES string of the molecule is CCC(C)C(NC(=O)CC(c1ccc(OC)cc1)c1c(O)cc2c(c1O)C(=O)O[C@@H](C)CCCC(=O)CCCC=C2)C(=O)N1C[C@H]2C[C@@H](C1)c1cccc(=O)n1C2. The van der Waals surface area contributed by atoms with Gasteiger partial charge in [-0.3, -0.25) is 19.2 Å². The summed E-state index contributed by atoms with van der Waals surface area (Å²) in [6.45, 7) is 7.07. The van der Waals surface area contributed by atoms with Gasteiger partial charge in [-0.1, -0.05) is 50.6 Å². The van der Waals surface area contributed by atoms with Crippen molar-refractivity contribution in [3.05, 3.63) is 92.9 Å². The number of carbonyl (C=O) groups is 4. The van der Waals surface area contributed by atoms with Crippen molar-refractivity contribution in [1.82, 2.24) is 14.8 Å². The zero-order valence-corrected chi connectivity index (χ0v) is 33.4. The van der Waals surface area contributed by atoms with Crippen LogP contribution in [-0.2, 0) is 25.7 Å². The number of rotatable bonds is 9. The van der Waals surface area contributed by atoms with E-state index < -0.39 is 35.7 Å². The molecule has 1 fully saturated rings. The predicted molar refractivity (Wildman–Crippen MR) is 215 cm³/mol. The van der Waals surface area contributed by atoms with E-state index in [9.17, 15) is 34.2 Å². The minimum Gasteiger partial charge on any atom is -0.507 e. The number of phenols is 2. The molecule has 2 aromatic carbocycles. The Hall–Kier alpha value is -5.39. The van der Waals surface area contributed by atoms with E-state index in [1.54, 1.807) is 55.5 Å². The second-order valence-electron chi connectivity index (χ2n) is 16.0. The molecular formula is C45H55N3O9. The third-order valence-electron chi connectivity index (χ3n) is 11.9. The number of Topliss-reactive ketones (excluding diaryl/α,β-unsaturated/α-hetero) is 1. The van der Waals surface area contributed by atoms with Crippen molar-refractivity contribution >= 4 is 29.6 Å². The number of hydrogen-bond donors (Lipinski definition) is 3. The predicted octanol–water partition coefficient (Wildman–Crippen LogP) is 6.45. The Morgan fingerprint density at radius 2 is 1.77 bits per heavy atom. The van der Waals surface area contributed by atoms with Crippen LogP contribution in [0.1, 0.15) is 123 Å². The van der Waals surface area contributed by atoms with Crippen molar-refractivity contribution in [1.29, 1.82) is 0 Å². The summed E-state index contributed by atoms with van der Waals surface area (Å²) >= 11 is 0. The number of hydrogen-bond acceptors (Lipinski definition) is 9. The highest BCUT2D eigenvalue weighted by Gasteiger charge is 2.40. The summed E-state index contributed by atoms with van der Waals surface area (Å²) in [5.41, 5.74) is 1.53. The van der Waals surface area contributed by atoms with Gasteiger partial charge in [-0.15, -0.1) is 0 Å². The van der Waals surface area contributed by atoms with Crippen molar-refractivity contribution in [2.45, 2.75) is 109 Å². The van der Waals surface area contributed by atoms with Gasteiger partial charge >= 0.3 is 5.97 Å². The minimum absolute atomic E-state index is 0.0108. The van der Waals surface area contributed by atoms with Gasteiger partial charge in [0.2, 0.25) is 11.8 Å². The Kier molecular flexibility index (Phi) is 13.2. The van der Waals surface area contributed by atoms with Crippen molar-refractivity contribution in [2.75, 3.05) is 20.2 Å². The highest BCUT2D eigenvalue weighted by Crippen LogP contribution is 2.44. The fraction of sp³-hybridized carbons (Fsp3) is 0.489. The van der Waals surface area contributed by atoms with Crippen LogP contribution in [0.2, 0.25) is 0 Å². The molecule has 0 aliphatic carbocycles. The number of ether oxygens (including phenoxy) is 2. The topological polar surface area (TPSA) is 164 Å². The average molecular weight is 782 g/mol. The van der Waals surface area contributed by atoms with Crippen LogP contribution in [0, 0.1) is 11.8 Å². The van der Waals surface area contributed by atoms with Crippen molar-refractivity contribution < 1.29 is 38.9 Å². The lowest BCUT2D eigenvalue weighted by molar-refractivity contribution is -0.140. The molecule has 1 aromatic heterocycles. The number of esters is 1. The number of pyridine rings is 1. The van der Waals surface area contributed by atoms with Gasteiger partial charge in [-0.2, -0.15) is 0 Å². The van der Waals surface area contributed by atoms with Gasteiger partial charge in [0.25, 0.3) is 5.56 Å². The number of nitrogens with zero attached hydrogens (tertiary/aromatic N) is 2. The minimum atomic E-state index is -0.952. The molecule has 2 amide bonds. The van der Waals surface area contributed by atoms with E-state index in [4.69, 9.17) is 9.47 Å². The van der Waals surface area contributed by atoms with E-state index in [1.165, 1.54) is 13.2 Å². The smallest absolute Gasteiger partial charge is 0.342 e. The highest BCUT2D eigenvalue weighted by molar-refractivity contribution is 5.98. The lowest BCUT2D eigenvalue weighted by atomic mass is 9.82. The molecule has 12 heteroatoms. The summed E-state index contributed by atoms with van der Waals surface area (Å²) in [6, 6.07) is 12.7. The molecule has 3 unspecified atom stereocenters. The Labute approximate surface area is 333 Å². The monoisotopic (exact) mass is 781 g/mol. The van der Waals surface area contributed by atoms with Crippen LogP contribution in [0.15, 0.2) is 59.4 Å². The van der Waals surface area contributed by atoms with E-state index in [1.807, 2.05) is 29.4 Å². The third kappa shape index (κ3) is 9.43. The number of benzene rings is 2. The first-order valence-corrected chi connectivity index (χ1v) is 20.3. The van der Waals surface area contributed by atoms with E-state index in [2.05, 4.69) is 5.32 Å². The Morgan fingerprint density at radius 1 is 1.02 bits per heavy atom. The number of methoxy groups -OCH3 is 1. The van der Waals surface area contributed by atoms with Gasteiger partial charge in [-0.05, 0) is 86.3 Å². The lowest BCUT2D eigenvalue weighted by Crippen LogP contribution is -2.56. The van der Waals surface area contributed by atoms with Crippen molar-refractivity contribution in [3.8, 4) is 17.2 Å². The Bertz CT molecular complexity index is 2060. The number of carbonyl (C=O) groups excluding carboxylic acids is 4. The maximum atomic E-state index is 14.4. The lowest BCUT2D eigenvalue weighted by Gasteiger charge is -2.44. The summed E-state index contributed by atoms with van der Waals surface area (Å²) < 4.78 is 13.0. The summed E-state index contributed by atoms with van der Waals surface area (Å²) in [5, 5.41) is 26.7. The highest BCUT2D eigenvalue weighted by atomic mass is 16.5. The molecule has 6 rings (SSSR count). The van der Waals surface area contributed by atoms with Crippen LogP contribution in [0.5, 0.6) is 17.2 Å². The molecule has 3 aliphatic heterocycles. The molecule has 0 saturated carbocycles. The van der Waals surface area contributed by atoms with Crippen LogP contribution in [0.4, 0.5) is 0 Å². The molecule has 6 atom stereocenters. The van der Waals surface area contributed by atoms with E-state index in [0.29, 0.717) is 75.9 Å². The average Bonchev–Trinajstić information content (AvgIpc) is 3.18. The maximum Gasteiger partial charge on any atom is 0.342 e. The van der Waals surface area contributed by atoms with Crippen LogP contribution >= 0.6 is 0 Å². The fourth-order valence-corrected chi connectivity index (χ4v) is 8.62. The van der Waals surface area contributed by atoms with Gasteiger partial charge in [0, 0.05) is 68.1 Å². The molecule has 57 heavy (non-hydrogen) atoms. The molecule has 2 bridgehead atoms. The second-order valence-corrected chi connectivity index (χ2v) is 16.0.